The Morgan fingerprint density at radius 3 is 2.89 bits per heavy atom. The molecule has 150 valence electrons. The van der Waals surface area contributed by atoms with Gasteiger partial charge in [-0.1, -0.05) is 12.1 Å². The smallest absolute Gasteiger partial charge is 0.313 e. The summed E-state index contributed by atoms with van der Waals surface area (Å²) in [5, 5.41) is 9.59. The zero-order valence-electron chi connectivity index (χ0n) is 15.7. The van der Waals surface area contributed by atoms with Gasteiger partial charge in [0.05, 0.1) is 18.4 Å². The summed E-state index contributed by atoms with van der Waals surface area (Å²) in [7, 11) is 1.46. The number of benzene rings is 1. The molecular weight excluding hydrogens is 367 g/mol. The van der Waals surface area contributed by atoms with Crippen molar-refractivity contribution in [2.24, 2.45) is 5.41 Å². The number of aromatic nitrogens is 1. The van der Waals surface area contributed by atoms with Crippen molar-refractivity contribution in [3.63, 3.8) is 0 Å². The molecule has 1 amide bonds. The second-order valence-electron chi connectivity index (χ2n) is 7.04. The molecule has 1 aliphatic rings. The molecule has 1 aromatic carbocycles. The molecule has 1 N–H and O–H groups in total. The van der Waals surface area contributed by atoms with Crippen LogP contribution in [0.4, 0.5) is 4.39 Å². The van der Waals surface area contributed by atoms with E-state index in [1.54, 1.807) is 23.1 Å². The van der Waals surface area contributed by atoms with Gasteiger partial charge in [-0.3, -0.25) is 9.59 Å². The molecule has 8 heteroatoms. The minimum Gasteiger partial charge on any atom is -0.481 e. The Morgan fingerprint density at radius 2 is 2.18 bits per heavy atom. The van der Waals surface area contributed by atoms with E-state index < -0.39 is 17.2 Å². The maximum absolute atomic E-state index is 13.8. The van der Waals surface area contributed by atoms with E-state index in [-0.39, 0.29) is 31.9 Å². The molecule has 1 unspecified atom stereocenters. The Labute approximate surface area is 162 Å². The van der Waals surface area contributed by atoms with Crippen molar-refractivity contribution in [1.82, 2.24) is 9.88 Å². The Kier molecular flexibility index (Phi) is 6.08. The molecule has 0 saturated carbocycles. The zero-order valence-corrected chi connectivity index (χ0v) is 15.7. The molecule has 1 fully saturated rings. The van der Waals surface area contributed by atoms with E-state index in [4.69, 9.17) is 9.15 Å². The lowest BCUT2D eigenvalue weighted by Gasteiger charge is -2.39. The standard InChI is InChI=1S/C20H23FN2O5/c1-27-13-20(19(25)26)9-4-10-23(12-20)18(24)8-7-17-22-11-16(28-17)14-5-2-3-6-15(14)21/h2-3,5-6,11H,4,7-10,12-13H2,1H3,(H,25,26). The number of aliphatic carboxylic acids is 1. The number of carboxylic acids is 1. The maximum atomic E-state index is 13.8. The number of carbonyl (C=O) groups is 2. The molecule has 28 heavy (non-hydrogen) atoms. The van der Waals surface area contributed by atoms with Crippen LogP contribution < -0.4 is 0 Å². The van der Waals surface area contributed by atoms with Gasteiger partial charge in [-0.15, -0.1) is 0 Å². The SMILES string of the molecule is COCC1(C(=O)O)CCCN(C(=O)CCc2ncc(-c3ccccc3F)o2)C1. The number of likely N-dealkylation sites (tertiary alicyclic amines) is 1. The average Bonchev–Trinajstić information content (AvgIpc) is 3.15. The number of nitrogens with zero attached hydrogens (tertiary/aromatic N) is 2. The molecule has 0 radical (unpaired) electrons. The van der Waals surface area contributed by atoms with Crippen molar-refractivity contribution in [2.75, 3.05) is 26.8 Å². The monoisotopic (exact) mass is 390 g/mol. The van der Waals surface area contributed by atoms with Crippen LogP contribution in [0.1, 0.15) is 25.2 Å². The summed E-state index contributed by atoms with van der Waals surface area (Å²) in [6, 6.07) is 6.23. The van der Waals surface area contributed by atoms with E-state index in [9.17, 15) is 19.1 Å². The molecule has 2 heterocycles. The third-order valence-corrected chi connectivity index (χ3v) is 5.05. The van der Waals surface area contributed by atoms with Gasteiger partial charge in [0.25, 0.3) is 0 Å². The number of hydrogen-bond donors (Lipinski definition) is 1. The van der Waals surface area contributed by atoms with Crippen molar-refractivity contribution in [3.8, 4) is 11.3 Å². The lowest BCUT2D eigenvalue weighted by atomic mass is 9.80. The van der Waals surface area contributed by atoms with E-state index >= 15 is 0 Å². The fraction of sp³-hybridized carbons (Fsp3) is 0.450. The third kappa shape index (κ3) is 4.22. The number of carboxylic acid groups (broad SMARTS) is 1. The summed E-state index contributed by atoms with van der Waals surface area (Å²) >= 11 is 0. The number of piperidine rings is 1. The van der Waals surface area contributed by atoms with Gasteiger partial charge in [0, 0.05) is 33.0 Å². The first-order valence-electron chi connectivity index (χ1n) is 9.15. The van der Waals surface area contributed by atoms with Gasteiger partial charge in [-0.2, -0.15) is 0 Å². The van der Waals surface area contributed by atoms with Gasteiger partial charge in [-0.05, 0) is 25.0 Å². The van der Waals surface area contributed by atoms with Crippen molar-refractivity contribution in [1.29, 1.82) is 0 Å². The third-order valence-electron chi connectivity index (χ3n) is 5.05. The number of carbonyl (C=O) groups excluding carboxylic acids is 1. The van der Waals surface area contributed by atoms with Crippen LogP contribution in [0, 0.1) is 11.2 Å². The highest BCUT2D eigenvalue weighted by Gasteiger charge is 2.43. The highest BCUT2D eigenvalue weighted by Crippen LogP contribution is 2.31. The predicted octanol–water partition coefficient (Wildman–Crippen LogP) is 2.75. The van der Waals surface area contributed by atoms with Gasteiger partial charge < -0.3 is 19.2 Å². The second-order valence-corrected chi connectivity index (χ2v) is 7.04. The van der Waals surface area contributed by atoms with E-state index in [1.807, 2.05) is 0 Å². The average molecular weight is 390 g/mol. The Morgan fingerprint density at radius 1 is 1.39 bits per heavy atom. The summed E-state index contributed by atoms with van der Waals surface area (Å²) < 4.78 is 24.5. The summed E-state index contributed by atoms with van der Waals surface area (Å²) in [4.78, 5) is 30.0. The largest absolute Gasteiger partial charge is 0.481 e. The number of methoxy groups -OCH3 is 1. The van der Waals surface area contributed by atoms with E-state index in [0.717, 1.165) is 0 Å². The molecule has 0 bridgehead atoms. The first kappa shape index (κ1) is 20.0. The van der Waals surface area contributed by atoms with E-state index in [1.165, 1.54) is 19.4 Å². The lowest BCUT2D eigenvalue weighted by molar-refractivity contribution is -0.159. The lowest BCUT2D eigenvalue weighted by Crippen LogP contribution is -2.52. The van der Waals surface area contributed by atoms with E-state index in [2.05, 4.69) is 4.98 Å². The van der Waals surface area contributed by atoms with Crippen LogP contribution in [-0.2, 0) is 20.7 Å². The zero-order chi connectivity index (χ0) is 20.1. The van der Waals surface area contributed by atoms with Gasteiger partial charge in [0.15, 0.2) is 11.7 Å². The van der Waals surface area contributed by atoms with Crippen LogP contribution >= 0.6 is 0 Å². The second kappa shape index (κ2) is 8.52. The Balaban J connectivity index is 1.61. The number of ether oxygens (including phenoxy) is 1. The fourth-order valence-corrected chi connectivity index (χ4v) is 3.56. The normalized spacial score (nSPS) is 19.6. The molecule has 3 rings (SSSR count). The van der Waals surface area contributed by atoms with Crippen molar-refractivity contribution in [3.05, 3.63) is 42.2 Å². The van der Waals surface area contributed by atoms with Crippen LogP contribution in [0.2, 0.25) is 0 Å². The highest BCUT2D eigenvalue weighted by atomic mass is 19.1. The minimum absolute atomic E-state index is 0.0673. The molecule has 2 aromatic rings. The fourth-order valence-electron chi connectivity index (χ4n) is 3.56. The summed E-state index contributed by atoms with van der Waals surface area (Å²) in [6.45, 7) is 0.711. The van der Waals surface area contributed by atoms with Crippen LogP contribution in [0.3, 0.4) is 0 Å². The first-order valence-corrected chi connectivity index (χ1v) is 9.15. The number of aryl methyl sites for hydroxylation is 1. The van der Waals surface area contributed by atoms with Crippen molar-refractivity contribution >= 4 is 11.9 Å². The number of hydrogen-bond acceptors (Lipinski definition) is 5. The highest BCUT2D eigenvalue weighted by molar-refractivity contribution is 5.80. The molecule has 1 saturated heterocycles. The van der Waals surface area contributed by atoms with Crippen LogP contribution in [0.5, 0.6) is 0 Å². The molecular formula is C20H23FN2O5. The molecule has 0 spiro atoms. The number of oxazole rings is 1. The van der Waals surface area contributed by atoms with Crippen LogP contribution in [0.25, 0.3) is 11.3 Å². The molecule has 1 aliphatic heterocycles. The molecule has 7 nitrogen and oxygen atoms in total. The summed E-state index contributed by atoms with van der Waals surface area (Å²) in [6.07, 6.45) is 2.92. The van der Waals surface area contributed by atoms with Crippen molar-refractivity contribution < 1.29 is 28.2 Å². The van der Waals surface area contributed by atoms with Crippen LogP contribution in [-0.4, -0.2) is 53.7 Å². The number of rotatable bonds is 7. The van der Waals surface area contributed by atoms with Gasteiger partial charge >= 0.3 is 5.97 Å². The molecule has 1 aromatic heterocycles. The first-order chi connectivity index (χ1) is 13.4. The maximum Gasteiger partial charge on any atom is 0.313 e. The molecule has 1 atom stereocenters. The Bertz CT molecular complexity index is 849. The topological polar surface area (TPSA) is 92.9 Å². The number of halogens is 1. The summed E-state index contributed by atoms with van der Waals surface area (Å²) in [5.41, 5.74) is -0.752. The van der Waals surface area contributed by atoms with Gasteiger partial charge in [0.1, 0.15) is 11.2 Å². The van der Waals surface area contributed by atoms with Crippen LogP contribution in [0.15, 0.2) is 34.9 Å². The van der Waals surface area contributed by atoms with Gasteiger partial charge in [0.2, 0.25) is 5.91 Å². The molecule has 0 aliphatic carbocycles. The van der Waals surface area contributed by atoms with Gasteiger partial charge in [-0.25, -0.2) is 9.37 Å². The van der Waals surface area contributed by atoms with E-state index in [0.29, 0.717) is 36.6 Å². The van der Waals surface area contributed by atoms with Crippen molar-refractivity contribution in [2.45, 2.75) is 25.7 Å². The minimum atomic E-state index is -1.07. The Hall–Kier alpha value is -2.74. The quantitative estimate of drug-likeness (QED) is 0.781. The summed E-state index contributed by atoms with van der Waals surface area (Å²) in [5.74, 6) is -0.868. The predicted molar refractivity (Wildman–Crippen MR) is 98.0 cm³/mol. The number of amides is 1.